The maximum Gasteiger partial charge on any atom is 0.325 e. The number of carbonyl (C=O) groups is 3. The van der Waals surface area contributed by atoms with Gasteiger partial charge in [-0.15, -0.1) is 0 Å². The first-order valence-electron chi connectivity index (χ1n) is 9.66. The van der Waals surface area contributed by atoms with E-state index >= 15 is 0 Å². The summed E-state index contributed by atoms with van der Waals surface area (Å²) in [7, 11) is 0. The van der Waals surface area contributed by atoms with Crippen LogP contribution in [-0.4, -0.2) is 29.3 Å². The molecule has 2 aliphatic rings. The van der Waals surface area contributed by atoms with Crippen molar-refractivity contribution in [3.8, 4) is 0 Å². The summed E-state index contributed by atoms with van der Waals surface area (Å²) in [6.07, 6.45) is 2.81. The third-order valence-corrected chi connectivity index (χ3v) is 6.02. The molecule has 2 atom stereocenters. The van der Waals surface area contributed by atoms with E-state index < -0.39 is 17.5 Å². The van der Waals surface area contributed by atoms with Crippen LogP contribution in [-0.2, 0) is 21.5 Å². The molecule has 4 rings (SSSR count). The summed E-state index contributed by atoms with van der Waals surface area (Å²) in [5.74, 6) is -0.853. The third kappa shape index (κ3) is 3.49. The number of fused-ring (bicyclic) bond motifs is 1. The normalized spacial score (nSPS) is 23.5. The fourth-order valence-corrected chi connectivity index (χ4v) is 4.50. The van der Waals surface area contributed by atoms with E-state index in [0.717, 1.165) is 29.7 Å². The molecule has 0 aromatic heterocycles. The van der Waals surface area contributed by atoms with Crippen LogP contribution in [0.3, 0.4) is 0 Å². The van der Waals surface area contributed by atoms with E-state index in [0.29, 0.717) is 10.6 Å². The topological polar surface area (TPSA) is 78.5 Å². The first kappa shape index (κ1) is 19.5. The van der Waals surface area contributed by atoms with Gasteiger partial charge >= 0.3 is 6.03 Å². The van der Waals surface area contributed by atoms with Crippen LogP contribution < -0.4 is 10.6 Å². The van der Waals surface area contributed by atoms with Gasteiger partial charge in [0.05, 0.1) is 6.04 Å². The quantitative estimate of drug-likeness (QED) is 0.757. The molecule has 0 unspecified atom stereocenters. The van der Waals surface area contributed by atoms with Crippen molar-refractivity contribution in [3.05, 3.63) is 70.2 Å². The van der Waals surface area contributed by atoms with Crippen molar-refractivity contribution in [3.63, 3.8) is 0 Å². The van der Waals surface area contributed by atoms with E-state index in [2.05, 4.69) is 16.7 Å². The zero-order valence-electron chi connectivity index (χ0n) is 16.1. The Morgan fingerprint density at radius 3 is 2.72 bits per heavy atom. The summed E-state index contributed by atoms with van der Waals surface area (Å²) in [5.41, 5.74) is 1.53. The van der Waals surface area contributed by atoms with E-state index in [1.807, 2.05) is 18.2 Å². The minimum Gasteiger partial charge on any atom is -0.348 e. The minimum atomic E-state index is -1.30. The van der Waals surface area contributed by atoms with Gasteiger partial charge in [-0.1, -0.05) is 54.1 Å². The van der Waals surface area contributed by atoms with E-state index in [1.54, 1.807) is 31.2 Å². The molecule has 2 aromatic rings. The Labute approximate surface area is 174 Å². The molecule has 0 radical (unpaired) electrons. The van der Waals surface area contributed by atoms with E-state index in [9.17, 15) is 14.4 Å². The highest BCUT2D eigenvalue weighted by Gasteiger charge is 2.50. The van der Waals surface area contributed by atoms with Gasteiger partial charge in [0.15, 0.2) is 0 Å². The molecule has 6 nitrogen and oxygen atoms in total. The first-order valence-corrected chi connectivity index (χ1v) is 10.0. The number of hydrogen-bond donors (Lipinski definition) is 2. The van der Waals surface area contributed by atoms with Gasteiger partial charge in [-0.3, -0.25) is 14.5 Å². The smallest absolute Gasteiger partial charge is 0.325 e. The van der Waals surface area contributed by atoms with Crippen LogP contribution in [0.15, 0.2) is 48.5 Å². The Morgan fingerprint density at radius 1 is 1.21 bits per heavy atom. The number of rotatable bonds is 4. The van der Waals surface area contributed by atoms with Crippen molar-refractivity contribution in [2.45, 2.75) is 37.8 Å². The van der Waals surface area contributed by atoms with Crippen LogP contribution in [0.25, 0.3) is 0 Å². The second-order valence-corrected chi connectivity index (χ2v) is 8.04. The van der Waals surface area contributed by atoms with Crippen LogP contribution in [0.5, 0.6) is 0 Å². The van der Waals surface area contributed by atoms with Gasteiger partial charge in [0.2, 0.25) is 5.91 Å². The van der Waals surface area contributed by atoms with Gasteiger partial charge in [-0.25, -0.2) is 4.79 Å². The van der Waals surface area contributed by atoms with Crippen molar-refractivity contribution in [1.29, 1.82) is 0 Å². The molecule has 1 heterocycles. The Balaban J connectivity index is 1.49. The molecule has 4 amide bonds. The standard InChI is InChI=1S/C22H22ClN3O3/c1-22(16-10-4-5-11-17(16)23)20(28)26(21(29)25-22)13-19(27)24-18-12-6-8-14-7-2-3-9-15(14)18/h2-5,7,9-11,18H,6,8,12-13H2,1H3,(H,24,27)(H,25,29)/t18-,22-/m0/s1. The second kappa shape index (κ2) is 7.52. The Kier molecular flexibility index (Phi) is 5.04. The van der Waals surface area contributed by atoms with Crippen molar-refractivity contribution in [2.24, 2.45) is 0 Å². The Hall–Kier alpha value is -2.86. The molecule has 7 heteroatoms. The van der Waals surface area contributed by atoms with E-state index in [1.165, 1.54) is 5.56 Å². The van der Waals surface area contributed by atoms with Crippen molar-refractivity contribution in [1.82, 2.24) is 15.5 Å². The van der Waals surface area contributed by atoms with Gasteiger partial charge in [0.25, 0.3) is 5.91 Å². The minimum absolute atomic E-state index is 0.108. The zero-order chi connectivity index (χ0) is 20.6. The van der Waals surface area contributed by atoms with Gasteiger partial charge in [-0.05, 0) is 43.4 Å². The van der Waals surface area contributed by atoms with Crippen LogP contribution in [0.2, 0.25) is 5.02 Å². The summed E-state index contributed by atoms with van der Waals surface area (Å²) in [4.78, 5) is 39.1. The average molecular weight is 412 g/mol. The lowest BCUT2D eigenvalue weighted by Gasteiger charge is -2.27. The molecule has 0 bridgehead atoms. The fraction of sp³-hybridized carbons (Fsp3) is 0.318. The molecule has 1 aliphatic heterocycles. The number of aryl methyl sites for hydroxylation is 1. The fourth-order valence-electron chi connectivity index (χ4n) is 4.18. The lowest BCUT2D eigenvalue weighted by atomic mass is 9.88. The van der Waals surface area contributed by atoms with Gasteiger partial charge in [-0.2, -0.15) is 0 Å². The maximum absolute atomic E-state index is 13.0. The number of amides is 4. The van der Waals surface area contributed by atoms with Gasteiger partial charge < -0.3 is 10.6 Å². The number of benzene rings is 2. The monoisotopic (exact) mass is 411 g/mol. The summed E-state index contributed by atoms with van der Waals surface area (Å²) in [6.45, 7) is 1.27. The molecule has 1 aliphatic carbocycles. The van der Waals surface area contributed by atoms with Crippen LogP contribution in [0.4, 0.5) is 4.79 Å². The van der Waals surface area contributed by atoms with Gasteiger partial charge in [0.1, 0.15) is 12.1 Å². The SMILES string of the molecule is C[C@@]1(c2ccccc2Cl)NC(=O)N(CC(=O)N[C@H]2CCCc3ccccc32)C1=O. The molecular weight excluding hydrogens is 390 g/mol. The molecule has 2 aromatic carbocycles. The summed E-state index contributed by atoms with van der Waals surface area (Å²) >= 11 is 6.24. The van der Waals surface area contributed by atoms with Gasteiger partial charge in [0, 0.05) is 10.6 Å². The number of hydrogen-bond acceptors (Lipinski definition) is 3. The zero-order valence-corrected chi connectivity index (χ0v) is 16.8. The number of nitrogens with one attached hydrogen (secondary N) is 2. The second-order valence-electron chi connectivity index (χ2n) is 7.64. The highest BCUT2D eigenvalue weighted by atomic mass is 35.5. The number of imide groups is 1. The molecule has 1 saturated heterocycles. The average Bonchev–Trinajstić information content (AvgIpc) is 2.92. The lowest BCUT2D eigenvalue weighted by Crippen LogP contribution is -2.44. The van der Waals surface area contributed by atoms with E-state index in [-0.39, 0.29) is 18.5 Å². The van der Waals surface area contributed by atoms with Crippen molar-refractivity contribution < 1.29 is 14.4 Å². The van der Waals surface area contributed by atoms with E-state index in [4.69, 9.17) is 11.6 Å². The molecule has 2 N–H and O–H groups in total. The number of urea groups is 1. The first-order chi connectivity index (χ1) is 13.9. The largest absolute Gasteiger partial charge is 0.348 e. The summed E-state index contributed by atoms with van der Waals surface area (Å²) in [6, 6.07) is 14.2. The van der Waals surface area contributed by atoms with Crippen LogP contribution in [0.1, 0.15) is 42.5 Å². The predicted molar refractivity (Wildman–Crippen MR) is 109 cm³/mol. The van der Waals surface area contributed by atoms with Crippen LogP contribution in [0, 0.1) is 0 Å². The highest BCUT2D eigenvalue weighted by Crippen LogP contribution is 2.33. The predicted octanol–water partition coefficient (Wildman–Crippen LogP) is 3.30. The number of carbonyl (C=O) groups excluding carboxylic acids is 3. The Morgan fingerprint density at radius 2 is 1.93 bits per heavy atom. The molecule has 0 saturated carbocycles. The van der Waals surface area contributed by atoms with Crippen molar-refractivity contribution in [2.75, 3.05) is 6.54 Å². The summed E-state index contributed by atoms with van der Waals surface area (Å²) < 4.78 is 0. The maximum atomic E-state index is 13.0. The van der Waals surface area contributed by atoms with Crippen LogP contribution >= 0.6 is 11.6 Å². The molecule has 1 fully saturated rings. The van der Waals surface area contributed by atoms with Crippen molar-refractivity contribution >= 4 is 29.4 Å². The third-order valence-electron chi connectivity index (χ3n) is 5.69. The summed E-state index contributed by atoms with van der Waals surface area (Å²) in [5, 5.41) is 6.05. The molecule has 0 spiro atoms. The molecule has 29 heavy (non-hydrogen) atoms. The highest BCUT2D eigenvalue weighted by molar-refractivity contribution is 6.32. The number of halogens is 1. The Bertz CT molecular complexity index is 993. The molecular formula is C22H22ClN3O3. The number of nitrogens with zero attached hydrogens (tertiary/aromatic N) is 1. The molecule has 150 valence electrons. The lowest BCUT2D eigenvalue weighted by molar-refractivity contribution is -0.135.